The fraction of sp³-hybridized carbons (Fsp3) is 0.250. The molecule has 0 saturated carbocycles. The highest BCUT2D eigenvalue weighted by Gasteiger charge is 2.12. The average Bonchev–Trinajstić information content (AvgIpc) is 2.70. The van der Waals surface area contributed by atoms with Crippen molar-refractivity contribution in [3.05, 3.63) is 59.1 Å². The Morgan fingerprint density at radius 2 is 1.75 bits per heavy atom. The van der Waals surface area contributed by atoms with Gasteiger partial charge in [-0.2, -0.15) is 0 Å². The Morgan fingerprint density at radius 3 is 2.46 bits per heavy atom. The van der Waals surface area contributed by atoms with E-state index in [0.29, 0.717) is 23.0 Å². The molecule has 0 saturated heterocycles. The van der Waals surface area contributed by atoms with E-state index in [1.807, 2.05) is 30.3 Å². The Hall–Kier alpha value is -3.06. The van der Waals surface area contributed by atoms with Gasteiger partial charge in [0, 0.05) is 18.0 Å². The molecule has 2 aromatic rings. The zero-order valence-electron chi connectivity index (χ0n) is 15.4. The van der Waals surface area contributed by atoms with Gasteiger partial charge in [-0.05, 0) is 23.8 Å². The molecular weight excluding hydrogens is 384 g/mol. The molecule has 2 amide bonds. The van der Waals surface area contributed by atoms with Gasteiger partial charge in [-0.25, -0.2) is 0 Å². The molecule has 2 rings (SSSR count). The molecule has 0 aliphatic rings. The molecule has 0 fully saturated rings. The first-order valence-corrected chi connectivity index (χ1v) is 8.95. The first-order chi connectivity index (χ1) is 13.5. The molecule has 0 atom stereocenters. The van der Waals surface area contributed by atoms with E-state index in [9.17, 15) is 14.4 Å². The van der Waals surface area contributed by atoms with Crippen molar-refractivity contribution in [2.75, 3.05) is 19.0 Å². The lowest BCUT2D eigenvalue weighted by atomic mass is 10.2. The quantitative estimate of drug-likeness (QED) is 0.627. The standard InChI is InChI=1S/C20H21ClN2O5/c1-27-17-8-7-15(21)11-16(17)23-19(25)13-28-20(26)10-9-18(24)22-12-14-5-3-2-4-6-14/h2-8,11H,9-10,12-13H2,1H3,(H,22,24)(H,23,25). The number of methoxy groups -OCH3 is 1. The highest BCUT2D eigenvalue weighted by atomic mass is 35.5. The number of ether oxygens (including phenoxy) is 2. The first kappa shape index (κ1) is 21.2. The van der Waals surface area contributed by atoms with Crippen LogP contribution in [0.2, 0.25) is 5.02 Å². The van der Waals surface area contributed by atoms with E-state index in [4.69, 9.17) is 21.1 Å². The van der Waals surface area contributed by atoms with Crippen LogP contribution in [-0.4, -0.2) is 31.5 Å². The largest absolute Gasteiger partial charge is 0.495 e. The summed E-state index contributed by atoms with van der Waals surface area (Å²) in [5.74, 6) is -1.02. The monoisotopic (exact) mass is 404 g/mol. The molecule has 0 aliphatic carbocycles. The number of hydrogen-bond acceptors (Lipinski definition) is 5. The maximum Gasteiger partial charge on any atom is 0.306 e. The lowest BCUT2D eigenvalue weighted by Gasteiger charge is -2.11. The van der Waals surface area contributed by atoms with Gasteiger partial charge >= 0.3 is 5.97 Å². The third kappa shape index (κ3) is 7.28. The molecule has 0 radical (unpaired) electrons. The Balaban J connectivity index is 1.68. The average molecular weight is 405 g/mol. The summed E-state index contributed by atoms with van der Waals surface area (Å²) in [6.07, 6.45) is -0.135. The molecular formula is C20H21ClN2O5. The molecule has 0 spiro atoms. The first-order valence-electron chi connectivity index (χ1n) is 8.57. The molecule has 148 valence electrons. The summed E-state index contributed by atoms with van der Waals surface area (Å²) in [6, 6.07) is 14.2. The maximum atomic E-state index is 11.9. The van der Waals surface area contributed by atoms with Crippen molar-refractivity contribution in [1.29, 1.82) is 0 Å². The smallest absolute Gasteiger partial charge is 0.306 e. The summed E-state index contributed by atoms with van der Waals surface area (Å²) in [4.78, 5) is 35.4. The van der Waals surface area contributed by atoms with E-state index in [2.05, 4.69) is 10.6 Å². The summed E-state index contributed by atoms with van der Waals surface area (Å²) in [6.45, 7) is -0.0846. The fourth-order valence-electron chi connectivity index (χ4n) is 2.28. The minimum Gasteiger partial charge on any atom is -0.495 e. The zero-order chi connectivity index (χ0) is 20.4. The molecule has 2 N–H and O–H groups in total. The van der Waals surface area contributed by atoms with Gasteiger partial charge in [0.15, 0.2) is 6.61 Å². The van der Waals surface area contributed by atoms with Crippen LogP contribution in [0.25, 0.3) is 0 Å². The highest BCUT2D eigenvalue weighted by Crippen LogP contribution is 2.27. The van der Waals surface area contributed by atoms with Gasteiger partial charge in [0.2, 0.25) is 5.91 Å². The predicted molar refractivity (Wildman–Crippen MR) is 105 cm³/mol. The number of anilines is 1. The number of hydrogen-bond donors (Lipinski definition) is 2. The second kappa shape index (κ2) is 10.9. The number of esters is 1. The second-order valence-corrected chi connectivity index (χ2v) is 6.25. The molecule has 2 aromatic carbocycles. The van der Waals surface area contributed by atoms with Gasteiger partial charge in [-0.1, -0.05) is 41.9 Å². The summed E-state index contributed by atoms with van der Waals surface area (Å²) >= 11 is 5.89. The molecule has 0 aliphatic heterocycles. The number of benzene rings is 2. The third-order valence-corrected chi connectivity index (χ3v) is 3.92. The van der Waals surface area contributed by atoms with Crippen LogP contribution in [0.4, 0.5) is 5.69 Å². The van der Waals surface area contributed by atoms with E-state index < -0.39 is 18.5 Å². The Kier molecular flexibility index (Phi) is 8.30. The Labute approximate surface area is 168 Å². The number of halogens is 1. The van der Waals surface area contributed by atoms with E-state index in [1.54, 1.807) is 12.1 Å². The maximum absolute atomic E-state index is 11.9. The Morgan fingerprint density at radius 1 is 1.00 bits per heavy atom. The van der Waals surface area contributed by atoms with Crippen molar-refractivity contribution in [2.24, 2.45) is 0 Å². The van der Waals surface area contributed by atoms with Gasteiger partial charge in [-0.15, -0.1) is 0 Å². The van der Waals surface area contributed by atoms with Crippen LogP contribution in [0.1, 0.15) is 18.4 Å². The highest BCUT2D eigenvalue weighted by molar-refractivity contribution is 6.31. The van der Waals surface area contributed by atoms with E-state index in [0.717, 1.165) is 5.56 Å². The lowest BCUT2D eigenvalue weighted by molar-refractivity contribution is -0.148. The molecule has 0 aromatic heterocycles. The summed E-state index contributed by atoms with van der Waals surface area (Å²) in [5.41, 5.74) is 1.34. The van der Waals surface area contributed by atoms with Gasteiger partial charge in [0.25, 0.3) is 5.91 Å². The van der Waals surface area contributed by atoms with Crippen LogP contribution in [0, 0.1) is 0 Å². The molecule has 0 heterocycles. The van der Waals surface area contributed by atoms with Gasteiger partial charge in [0.1, 0.15) is 5.75 Å². The number of nitrogens with one attached hydrogen (secondary N) is 2. The number of amides is 2. The van der Waals surface area contributed by atoms with Crippen molar-refractivity contribution >= 4 is 35.1 Å². The van der Waals surface area contributed by atoms with Crippen LogP contribution in [0.5, 0.6) is 5.75 Å². The number of carbonyl (C=O) groups is 3. The van der Waals surface area contributed by atoms with E-state index in [1.165, 1.54) is 13.2 Å². The molecule has 8 heteroatoms. The summed E-state index contributed by atoms with van der Waals surface area (Å²) in [5, 5.41) is 5.70. The van der Waals surface area contributed by atoms with E-state index >= 15 is 0 Å². The van der Waals surface area contributed by atoms with Crippen molar-refractivity contribution in [3.8, 4) is 5.75 Å². The van der Waals surface area contributed by atoms with Crippen LogP contribution in [-0.2, 0) is 25.7 Å². The van der Waals surface area contributed by atoms with Crippen molar-refractivity contribution in [1.82, 2.24) is 5.32 Å². The van der Waals surface area contributed by atoms with Gasteiger partial charge in [-0.3, -0.25) is 14.4 Å². The number of carbonyl (C=O) groups excluding carboxylic acids is 3. The Bertz CT molecular complexity index is 827. The molecule has 0 bridgehead atoms. The molecule has 7 nitrogen and oxygen atoms in total. The van der Waals surface area contributed by atoms with Crippen LogP contribution < -0.4 is 15.4 Å². The van der Waals surface area contributed by atoms with E-state index in [-0.39, 0.29) is 18.7 Å². The van der Waals surface area contributed by atoms with Crippen molar-refractivity contribution < 1.29 is 23.9 Å². The second-order valence-electron chi connectivity index (χ2n) is 5.82. The summed E-state index contributed by atoms with van der Waals surface area (Å²) in [7, 11) is 1.46. The van der Waals surface area contributed by atoms with Gasteiger partial charge in [0.05, 0.1) is 19.2 Å². The summed E-state index contributed by atoms with van der Waals surface area (Å²) < 4.78 is 10.0. The SMILES string of the molecule is COc1ccc(Cl)cc1NC(=O)COC(=O)CCC(=O)NCc1ccccc1. The minimum atomic E-state index is -0.636. The number of rotatable bonds is 9. The topological polar surface area (TPSA) is 93.7 Å². The fourth-order valence-corrected chi connectivity index (χ4v) is 2.45. The predicted octanol–water partition coefficient (Wildman–Crippen LogP) is 2.93. The normalized spacial score (nSPS) is 10.1. The zero-order valence-corrected chi connectivity index (χ0v) is 16.1. The molecule has 0 unspecified atom stereocenters. The van der Waals surface area contributed by atoms with Crippen LogP contribution in [0.3, 0.4) is 0 Å². The lowest BCUT2D eigenvalue weighted by Crippen LogP contribution is -2.25. The van der Waals surface area contributed by atoms with Crippen LogP contribution >= 0.6 is 11.6 Å². The van der Waals surface area contributed by atoms with Crippen LogP contribution in [0.15, 0.2) is 48.5 Å². The minimum absolute atomic E-state index is 0.0185. The van der Waals surface area contributed by atoms with Crippen molar-refractivity contribution in [2.45, 2.75) is 19.4 Å². The third-order valence-electron chi connectivity index (χ3n) is 3.69. The van der Waals surface area contributed by atoms with Crippen molar-refractivity contribution in [3.63, 3.8) is 0 Å². The molecule has 28 heavy (non-hydrogen) atoms. The van der Waals surface area contributed by atoms with Gasteiger partial charge < -0.3 is 20.1 Å².